The number of carboxylic acid groups (broad SMARTS) is 1. The van der Waals surface area contributed by atoms with Gasteiger partial charge in [-0.25, -0.2) is 14.2 Å². The van der Waals surface area contributed by atoms with Gasteiger partial charge >= 0.3 is 5.97 Å². The minimum absolute atomic E-state index is 0.0133. The van der Waals surface area contributed by atoms with Crippen molar-refractivity contribution in [3.63, 3.8) is 0 Å². The number of aromatic nitrogens is 2. The van der Waals surface area contributed by atoms with Crippen LogP contribution < -0.4 is 0 Å². The van der Waals surface area contributed by atoms with Crippen LogP contribution in [0.5, 0.6) is 0 Å². The predicted molar refractivity (Wildman–Crippen MR) is 64.1 cm³/mol. The van der Waals surface area contributed by atoms with Crippen LogP contribution >= 0.6 is 0 Å². The summed E-state index contributed by atoms with van der Waals surface area (Å²) in [6.07, 6.45) is 3.88. The number of aryl methyl sites for hydroxylation is 1. The van der Waals surface area contributed by atoms with Crippen molar-refractivity contribution in [3.05, 3.63) is 53.4 Å². The van der Waals surface area contributed by atoms with Crippen molar-refractivity contribution < 1.29 is 14.3 Å². The molecule has 18 heavy (non-hydrogen) atoms. The van der Waals surface area contributed by atoms with Gasteiger partial charge in [0.1, 0.15) is 11.6 Å². The van der Waals surface area contributed by atoms with Crippen molar-refractivity contribution in [1.29, 1.82) is 0 Å². The van der Waals surface area contributed by atoms with Crippen molar-refractivity contribution in [1.82, 2.24) is 9.55 Å². The number of carboxylic acids is 1. The molecule has 5 heteroatoms. The second-order valence-electron chi connectivity index (χ2n) is 3.91. The first-order valence-corrected chi connectivity index (χ1v) is 5.63. The lowest BCUT2D eigenvalue weighted by Crippen LogP contribution is -2.07. The highest BCUT2D eigenvalue weighted by molar-refractivity contribution is 5.89. The third-order valence-corrected chi connectivity index (χ3v) is 2.79. The number of hydrogen-bond donors (Lipinski definition) is 1. The zero-order valence-corrected chi connectivity index (χ0v) is 9.93. The van der Waals surface area contributed by atoms with Gasteiger partial charge in [-0.05, 0) is 24.6 Å². The molecule has 0 amide bonds. The number of imidazole rings is 1. The average molecular weight is 248 g/mol. The quantitative estimate of drug-likeness (QED) is 0.903. The van der Waals surface area contributed by atoms with E-state index >= 15 is 0 Å². The molecule has 0 bridgehead atoms. The van der Waals surface area contributed by atoms with Gasteiger partial charge in [-0.3, -0.25) is 0 Å². The molecule has 0 spiro atoms. The molecule has 1 heterocycles. The fourth-order valence-electron chi connectivity index (χ4n) is 1.87. The summed E-state index contributed by atoms with van der Waals surface area (Å²) in [5, 5.41) is 9.05. The molecule has 0 saturated carbocycles. The van der Waals surface area contributed by atoms with E-state index in [2.05, 4.69) is 4.98 Å². The van der Waals surface area contributed by atoms with Gasteiger partial charge < -0.3 is 9.67 Å². The molecule has 1 N–H and O–H groups in total. The second-order valence-corrected chi connectivity index (χ2v) is 3.91. The van der Waals surface area contributed by atoms with Gasteiger partial charge in [0.15, 0.2) is 0 Å². The Kier molecular flexibility index (Phi) is 3.41. The van der Waals surface area contributed by atoms with Crippen LogP contribution in [0.2, 0.25) is 0 Å². The van der Waals surface area contributed by atoms with Crippen LogP contribution in [-0.4, -0.2) is 20.6 Å². The van der Waals surface area contributed by atoms with Crippen LogP contribution in [0.25, 0.3) is 0 Å². The molecule has 2 aromatic rings. The Morgan fingerprint density at radius 3 is 2.94 bits per heavy atom. The lowest BCUT2D eigenvalue weighted by Gasteiger charge is -2.07. The molecule has 0 fully saturated rings. The zero-order chi connectivity index (χ0) is 13.1. The van der Waals surface area contributed by atoms with Gasteiger partial charge in [0.2, 0.25) is 0 Å². The first-order chi connectivity index (χ1) is 8.61. The molecule has 0 radical (unpaired) electrons. The molecule has 0 saturated heterocycles. The van der Waals surface area contributed by atoms with E-state index in [4.69, 9.17) is 5.11 Å². The largest absolute Gasteiger partial charge is 0.478 e. The van der Waals surface area contributed by atoms with E-state index in [9.17, 15) is 9.18 Å². The van der Waals surface area contributed by atoms with Crippen LogP contribution in [-0.2, 0) is 13.0 Å². The molecule has 1 aromatic heterocycles. The Labute approximate surface area is 104 Å². The number of nitrogens with zero attached hydrogens (tertiary/aromatic N) is 2. The minimum Gasteiger partial charge on any atom is -0.478 e. The van der Waals surface area contributed by atoms with Crippen molar-refractivity contribution in [2.24, 2.45) is 0 Å². The van der Waals surface area contributed by atoms with Gasteiger partial charge in [-0.15, -0.1) is 0 Å². The van der Waals surface area contributed by atoms with Crippen LogP contribution in [0.1, 0.15) is 28.7 Å². The molecule has 0 aliphatic carbocycles. The maximum atomic E-state index is 13.0. The van der Waals surface area contributed by atoms with Gasteiger partial charge in [-0.1, -0.05) is 6.07 Å². The molecule has 0 aliphatic rings. The fraction of sp³-hybridized carbons (Fsp3) is 0.231. The lowest BCUT2D eigenvalue weighted by atomic mass is 10.0. The summed E-state index contributed by atoms with van der Waals surface area (Å²) in [6, 6.07) is 3.80. The maximum Gasteiger partial charge on any atom is 0.336 e. The van der Waals surface area contributed by atoms with E-state index in [1.165, 1.54) is 12.1 Å². The molecular formula is C13H13FN2O2. The molecule has 94 valence electrons. The SMILES string of the molecule is CCn1ccnc1Cc1ccc(F)cc1C(=O)O. The molecule has 1 aromatic carbocycles. The summed E-state index contributed by atoms with van der Waals surface area (Å²) in [5.41, 5.74) is 0.547. The second kappa shape index (κ2) is 5.00. The topological polar surface area (TPSA) is 55.1 Å². The highest BCUT2D eigenvalue weighted by atomic mass is 19.1. The first kappa shape index (κ1) is 12.3. The summed E-state index contributed by atoms with van der Waals surface area (Å²) in [5.74, 6) is -0.902. The predicted octanol–water partition coefficient (Wildman–Crippen LogP) is 2.33. The van der Waals surface area contributed by atoms with E-state index in [0.717, 1.165) is 18.4 Å². The van der Waals surface area contributed by atoms with E-state index in [-0.39, 0.29) is 5.56 Å². The summed E-state index contributed by atoms with van der Waals surface area (Å²) >= 11 is 0. The molecule has 4 nitrogen and oxygen atoms in total. The van der Waals surface area contributed by atoms with E-state index < -0.39 is 11.8 Å². The summed E-state index contributed by atoms with van der Waals surface area (Å²) in [4.78, 5) is 15.2. The molecule has 2 rings (SSSR count). The monoisotopic (exact) mass is 248 g/mol. The van der Waals surface area contributed by atoms with E-state index in [1.807, 2.05) is 17.7 Å². The number of carbonyl (C=O) groups is 1. The smallest absolute Gasteiger partial charge is 0.336 e. The third kappa shape index (κ3) is 2.40. The van der Waals surface area contributed by atoms with Gasteiger partial charge in [0.25, 0.3) is 0 Å². The average Bonchev–Trinajstić information content (AvgIpc) is 2.78. The van der Waals surface area contributed by atoms with Crippen molar-refractivity contribution >= 4 is 5.97 Å². The van der Waals surface area contributed by atoms with Crippen LogP contribution in [0.3, 0.4) is 0 Å². The Morgan fingerprint density at radius 2 is 2.28 bits per heavy atom. The Morgan fingerprint density at radius 1 is 1.50 bits per heavy atom. The molecule has 0 aliphatic heterocycles. The van der Waals surface area contributed by atoms with E-state index in [1.54, 1.807) is 6.20 Å². The van der Waals surface area contributed by atoms with Gasteiger partial charge in [0, 0.05) is 25.4 Å². The summed E-state index contributed by atoms with van der Waals surface area (Å²) in [6.45, 7) is 2.74. The highest BCUT2D eigenvalue weighted by Gasteiger charge is 2.13. The zero-order valence-electron chi connectivity index (χ0n) is 9.93. The van der Waals surface area contributed by atoms with Crippen LogP contribution in [0.15, 0.2) is 30.6 Å². The fourth-order valence-corrected chi connectivity index (χ4v) is 1.87. The standard InChI is InChI=1S/C13H13FN2O2/c1-2-16-6-5-15-12(16)7-9-3-4-10(14)8-11(9)13(17)18/h3-6,8H,2,7H2,1H3,(H,17,18). The van der Waals surface area contributed by atoms with Crippen molar-refractivity contribution in [2.45, 2.75) is 19.9 Å². The van der Waals surface area contributed by atoms with Crippen LogP contribution in [0.4, 0.5) is 4.39 Å². The van der Waals surface area contributed by atoms with Gasteiger partial charge in [-0.2, -0.15) is 0 Å². The summed E-state index contributed by atoms with van der Waals surface area (Å²) in [7, 11) is 0. The number of benzene rings is 1. The maximum absolute atomic E-state index is 13.0. The third-order valence-electron chi connectivity index (χ3n) is 2.79. The van der Waals surface area contributed by atoms with Crippen molar-refractivity contribution in [2.75, 3.05) is 0 Å². The number of halogens is 1. The summed E-state index contributed by atoms with van der Waals surface area (Å²) < 4.78 is 15.0. The number of hydrogen-bond acceptors (Lipinski definition) is 2. The van der Waals surface area contributed by atoms with Crippen molar-refractivity contribution in [3.8, 4) is 0 Å². The molecule has 0 unspecified atom stereocenters. The first-order valence-electron chi connectivity index (χ1n) is 5.63. The Balaban J connectivity index is 2.37. The number of aromatic carboxylic acids is 1. The minimum atomic E-state index is -1.13. The molecule has 0 atom stereocenters. The normalized spacial score (nSPS) is 10.6. The van der Waals surface area contributed by atoms with Gasteiger partial charge in [0.05, 0.1) is 5.56 Å². The highest BCUT2D eigenvalue weighted by Crippen LogP contribution is 2.15. The Hall–Kier alpha value is -2.17. The van der Waals surface area contributed by atoms with E-state index in [0.29, 0.717) is 12.0 Å². The Bertz CT molecular complexity index is 578. The lowest BCUT2D eigenvalue weighted by molar-refractivity contribution is 0.0695. The number of rotatable bonds is 4. The molecular weight excluding hydrogens is 235 g/mol. The van der Waals surface area contributed by atoms with Crippen LogP contribution in [0, 0.1) is 5.82 Å².